The molecule has 0 amide bonds. The zero-order chi connectivity index (χ0) is 19.7. The van der Waals surface area contributed by atoms with Gasteiger partial charge >= 0.3 is 0 Å². The van der Waals surface area contributed by atoms with Gasteiger partial charge in [-0.15, -0.1) is 0 Å². The molecule has 0 saturated carbocycles. The zero-order valence-corrected chi connectivity index (χ0v) is 17.4. The van der Waals surface area contributed by atoms with E-state index in [0.29, 0.717) is 0 Å². The van der Waals surface area contributed by atoms with Crippen molar-refractivity contribution in [2.24, 2.45) is 0 Å². The first-order valence-electron chi connectivity index (χ1n) is 9.78. The lowest BCUT2D eigenvalue weighted by Gasteiger charge is -2.28. The van der Waals surface area contributed by atoms with Crippen LogP contribution in [-0.2, 0) is 13.1 Å². The van der Waals surface area contributed by atoms with Gasteiger partial charge in [0.25, 0.3) is 0 Å². The van der Waals surface area contributed by atoms with Crippen molar-refractivity contribution in [3.63, 3.8) is 0 Å². The molecule has 1 aliphatic heterocycles. The van der Waals surface area contributed by atoms with Crippen LogP contribution in [-0.4, -0.2) is 19.6 Å². The van der Waals surface area contributed by atoms with Crippen LogP contribution in [0.1, 0.15) is 47.2 Å². The lowest BCUT2D eigenvalue weighted by molar-refractivity contribution is 0.310. The average Bonchev–Trinajstić information content (AvgIpc) is 3.19. The van der Waals surface area contributed by atoms with Gasteiger partial charge in [-0.05, 0) is 62.3 Å². The number of aryl methyl sites for hydroxylation is 1. The van der Waals surface area contributed by atoms with Crippen molar-refractivity contribution < 1.29 is 0 Å². The van der Waals surface area contributed by atoms with E-state index >= 15 is 0 Å². The number of thiocarbonyl (C=S) groups is 1. The average molecular weight is 391 g/mol. The van der Waals surface area contributed by atoms with Crippen LogP contribution in [0.2, 0.25) is 0 Å². The summed E-state index contributed by atoms with van der Waals surface area (Å²) in [4.78, 5) is 6.95. The lowest BCUT2D eigenvalue weighted by atomic mass is 9.96. The first-order chi connectivity index (χ1) is 13.6. The topological polar surface area (TPSA) is 33.1 Å². The van der Waals surface area contributed by atoms with E-state index in [1.165, 1.54) is 22.5 Å². The van der Waals surface area contributed by atoms with Gasteiger partial charge < -0.3 is 14.8 Å². The molecule has 1 fully saturated rings. The number of aromatic nitrogens is 2. The summed E-state index contributed by atoms with van der Waals surface area (Å²) in [6.07, 6.45) is 1.85. The van der Waals surface area contributed by atoms with Crippen LogP contribution in [0.15, 0.2) is 60.8 Å². The molecule has 4 nitrogen and oxygen atoms in total. The van der Waals surface area contributed by atoms with E-state index in [1.54, 1.807) is 0 Å². The molecule has 3 aromatic rings. The summed E-state index contributed by atoms with van der Waals surface area (Å²) in [5.74, 6) is 0. The molecule has 0 aliphatic carbocycles. The molecule has 2 aromatic heterocycles. The third-order valence-electron chi connectivity index (χ3n) is 5.64. The van der Waals surface area contributed by atoms with Crippen molar-refractivity contribution in [3.05, 3.63) is 89.0 Å². The van der Waals surface area contributed by atoms with Crippen molar-refractivity contribution in [1.29, 1.82) is 0 Å². The minimum Gasteiger partial charge on any atom is -0.352 e. The molecule has 1 aliphatic rings. The molecule has 1 saturated heterocycles. The Morgan fingerprint density at radius 1 is 1.07 bits per heavy atom. The van der Waals surface area contributed by atoms with Crippen LogP contribution >= 0.6 is 12.2 Å². The molecule has 0 unspecified atom stereocenters. The molecule has 1 N–H and O–H groups in total. The fourth-order valence-electron chi connectivity index (χ4n) is 4.31. The summed E-state index contributed by atoms with van der Waals surface area (Å²) in [6, 6.07) is 19.0. The smallest absolute Gasteiger partial charge is 0.170 e. The van der Waals surface area contributed by atoms with Crippen molar-refractivity contribution >= 4 is 17.3 Å². The predicted molar refractivity (Wildman–Crippen MR) is 117 cm³/mol. The summed E-state index contributed by atoms with van der Waals surface area (Å²) in [7, 11) is 0. The number of pyridine rings is 1. The van der Waals surface area contributed by atoms with E-state index in [1.807, 2.05) is 24.4 Å². The quantitative estimate of drug-likeness (QED) is 0.641. The van der Waals surface area contributed by atoms with Crippen molar-refractivity contribution in [1.82, 2.24) is 19.8 Å². The monoisotopic (exact) mass is 390 g/mol. The zero-order valence-electron chi connectivity index (χ0n) is 16.6. The molecule has 0 radical (unpaired) electrons. The molecule has 28 heavy (non-hydrogen) atoms. The Hall–Kier alpha value is -2.66. The molecule has 3 heterocycles. The van der Waals surface area contributed by atoms with E-state index in [-0.39, 0.29) is 12.1 Å². The number of nitrogens with zero attached hydrogens (tertiary/aromatic N) is 3. The highest BCUT2D eigenvalue weighted by molar-refractivity contribution is 7.80. The maximum absolute atomic E-state index is 5.79. The van der Waals surface area contributed by atoms with Gasteiger partial charge in [0.15, 0.2) is 5.11 Å². The van der Waals surface area contributed by atoms with Crippen LogP contribution in [0.5, 0.6) is 0 Å². The summed E-state index contributed by atoms with van der Waals surface area (Å²) in [5, 5.41) is 4.33. The predicted octanol–water partition coefficient (Wildman–Crippen LogP) is 4.69. The minimum absolute atomic E-state index is 0.0308. The number of hydrogen-bond acceptors (Lipinski definition) is 2. The molecular formula is C23H26N4S. The van der Waals surface area contributed by atoms with Gasteiger partial charge in [0.1, 0.15) is 0 Å². The van der Waals surface area contributed by atoms with Gasteiger partial charge in [-0.25, -0.2) is 0 Å². The van der Waals surface area contributed by atoms with Crippen LogP contribution in [0.4, 0.5) is 0 Å². The fourth-order valence-corrected chi connectivity index (χ4v) is 4.61. The minimum atomic E-state index is 0.0308. The van der Waals surface area contributed by atoms with E-state index < -0.39 is 0 Å². The Bertz CT molecular complexity index is 965. The molecule has 5 heteroatoms. The van der Waals surface area contributed by atoms with Crippen LogP contribution in [0, 0.1) is 13.8 Å². The Labute approximate surface area is 172 Å². The van der Waals surface area contributed by atoms with Crippen molar-refractivity contribution in [2.75, 3.05) is 0 Å². The Morgan fingerprint density at radius 3 is 2.46 bits per heavy atom. The van der Waals surface area contributed by atoms with E-state index in [4.69, 9.17) is 12.2 Å². The highest BCUT2D eigenvalue weighted by Crippen LogP contribution is 2.41. The SMILES string of the molecule is CCn1c(C)cc([C@H]2[C@@H](c3ccccn3)NC(=S)N2Cc2ccccc2)c1C. The van der Waals surface area contributed by atoms with Crippen molar-refractivity contribution in [2.45, 2.75) is 45.9 Å². The van der Waals surface area contributed by atoms with Crippen LogP contribution < -0.4 is 5.32 Å². The van der Waals surface area contributed by atoms with Crippen LogP contribution in [0.25, 0.3) is 0 Å². The molecule has 0 spiro atoms. The second kappa shape index (κ2) is 7.76. The third kappa shape index (κ3) is 3.31. The molecule has 4 rings (SSSR count). The van der Waals surface area contributed by atoms with Gasteiger partial charge in [0, 0.05) is 30.7 Å². The number of nitrogens with one attached hydrogen (secondary N) is 1. The number of rotatable bonds is 5. The van der Waals surface area contributed by atoms with Gasteiger partial charge in [-0.1, -0.05) is 36.4 Å². The lowest BCUT2D eigenvalue weighted by Crippen LogP contribution is -2.29. The Morgan fingerprint density at radius 2 is 1.82 bits per heavy atom. The summed E-state index contributed by atoms with van der Waals surface area (Å²) >= 11 is 5.79. The second-order valence-electron chi connectivity index (χ2n) is 7.31. The Kier molecular flexibility index (Phi) is 5.18. The third-order valence-corrected chi connectivity index (χ3v) is 5.99. The van der Waals surface area contributed by atoms with Crippen molar-refractivity contribution in [3.8, 4) is 0 Å². The summed E-state index contributed by atoms with van der Waals surface area (Å²) < 4.78 is 2.37. The number of hydrogen-bond donors (Lipinski definition) is 1. The first-order valence-corrected chi connectivity index (χ1v) is 10.2. The largest absolute Gasteiger partial charge is 0.352 e. The second-order valence-corrected chi connectivity index (χ2v) is 7.70. The van der Waals surface area contributed by atoms with Crippen LogP contribution in [0.3, 0.4) is 0 Å². The fraction of sp³-hybridized carbons (Fsp3) is 0.304. The maximum Gasteiger partial charge on any atom is 0.170 e. The number of benzene rings is 1. The van der Waals surface area contributed by atoms with E-state index in [0.717, 1.165) is 23.9 Å². The molecule has 1 aromatic carbocycles. The highest BCUT2D eigenvalue weighted by atomic mass is 32.1. The molecule has 0 bridgehead atoms. The standard InChI is InChI=1S/C23H26N4S/c1-4-26-16(2)14-19(17(26)3)22-21(20-12-8-9-13-24-20)25-23(28)27(22)15-18-10-6-5-7-11-18/h5-14,21-22H,4,15H2,1-3H3,(H,25,28)/t21-,22+/m1/s1. The summed E-state index contributed by atoms with van der Waals surface area (Å²) in [6.45, 7) is 8.33. The highest BCUT2D eigenvalue weighted by Gasteiger charge is 2.41. The first kappa shape index (κ1) is 18.7. The normalized spacial score (nSPS) is 19.1. The van der Waals surface area contributed by atoms with Gasteiger partial charge in [0.05, 0.1) is 17.8 Å². The van der Waals surface area contributed by atoms with E-state index in [9.17, 15) is 0 Å². The van der Waals surface area contributed by atoms with Gasteiger partial charge in [0.2, 0.25) is 0 Å². The maximum atomic E-state index is 5.79. The Balaban J connectivity index is 1.80. The van der Waals surface area contributed by atoms with Gasteiger partial charge in [-0.2, -0.15) is 0 Å². The van der Waals surface area contributed by atoms with Gasteiger partial charge in [-0.3, -0.25) is 4.98 Å². The molecule has 2 atom stereocenters. The molecule has 144 valence electrons. The summed E-state index contributed by atoms with van der Waals surface area (Å²) in [5.41, 5.74) is 6.18. The molecular weight excluding hydrogens is 364 g/mol. The van der Waals surface area contributed by atoms with E-state index in [2.05, 4.69) is 76.9 Å².